The number of H-pyrrole nitrogens is 1. The van der Waals surface area contributed by atoms with E-state index in [0.29, 0.717) is 42.1 Å². The van der Waals surface area contributed by atoms with Gasteiger partial charge in [0.25, 0.3) is 0 Å². The maximum absolute atomic E-state index is 13.1. The van der Waals surface area contributed by atoms with Crippen molar-refractivity contribution in [2.45, 2.75) is 31.4 Å². The van der Waals surface area contributed by atoms with Crippen LogP contribution in [0.4, 0.5) is 0 Å². The summed E-state index contributed by atoms with van der Waals surface area (Å²) < 4.78 is 33.6. The molecule has 1 N–H and O–H groups in total. The van der Waals surface area contributed by atoms with Crippen LogP contribution in [0.25, 0.3) is 11.0 Å². The summed E-state index contributed by atoms with van der Waals surface area (Å²) in [5, 5.41) is 0.636. The number of fused-ring (bicyclic) bond motifs is 1. The number of benzene rings is 1. The van der Waals surface area contributed by atoms with E-state index in [1.807, 2.05) is 26.0 Å². The van der Waals surface area contributed by atoms with Gasteiger partial charge in [0.05, 0.1) is 6.10 Å². The standard InChI is InChI=1S/C21H26N4O3S/c1-16(2)28-18-6-3-5-17(13-18)15-24-9-11-25(12-10-24)29(26,27)20-14-23-21-19(20)7-4-8-22-21/h3-8,13-14,16H,9-12,15H2,1-2H3,(H,22,23). The Bertz CT molecular complexity index is 1090. The lowest BCUT2D eigenvalue weighted by molar-refractivity contribution is 0.181. The first kappa shape index (κ1) is 19.9. The van der Waals surface area contributed by atoms with Crippen LogP contribution in [0.15, 0.2) is 53.7 Å². The molecule has 1 saturated heterocycles. The lowest BCUT2D eigenvalue weighted by atomic mass is 10.2. The van der Waals surface area contributed by atoms with Crippen LogP contribution in [0.3, 0.4) is 0 Å². The number of ether oxygens (including phenoxy) is 1. The number of aromatic nitrogens is 2. The van der Waals surface area contributed by atoms with Crippen molar-refractivity contribution in [2.24, 2.45) is 0 Å². The lowest BCUT2D eigenvalue weighted by Gasteiger charge is -2.33. The summed E-state index contributed by atoms with van der Waals surface area (Å²) in [4.78, 5) is 9.72. The number of pyridine rings is 1. The van der Waals surface area contributed by atoms with Crippen LogP contribution >= 0.6 is 0 Å². The minimum atomic E-state index is -3.55. The summed E-state index contributed by atoms with van der Waals surface area (Å²) in [6, 6.07) is 11.6. The molecule has 7 nitrogen and oxygen atoms in total. The van der Waals surface area contributed by atoms with E-state index in [2.05, 4.69) is 27.0 Å². The normalized spacial score (nSPS) is 16.5. The molecule has 0 amide bonds. The van der Waals surface area contributed by atoms with Gasteiger partial charge >= 0.3 is 0 Å². The van der Waals surface area contributed by atoms with Gasteiger partial charge in [-0.2, -0.15) is 4.31 Å². The molecule has 3 aromatic rings. The van der Waals surface area contributed by atoms with Crippen LogP contribution in [0.1, 0.15) is 19.4 Å². The molecule has 1 aliphatic rings. The highest BCUT2D eigenvalue weighted by molar-refractivity contribution is 7.89. The maximum Gasteiger partial charge on any atom is 0.245 e. The number of piperazine rings is 1. The Hall–Kier alpha value is -2.42. The van der Waals surface area contributed by atoms with E-state index in [0.717, 1.165) is 12.3 Å². The molecule has 29 heavy (non-hydrogen) atoms. The quantitative estimate of drug-likeness (QED) is 0.671. The topological polar surface area (TPSA) is 78.5 Å². The molecular weight excluding hydrogens is 388 g/mol. The van der Waals surface area contributed by atoms with Gasteiger partial charge in [-0.25, -0.2) is 13.4 Å². The number of rotatable bonds is 6. The first-order valence-corrected chi connectivity index (χ1v) is 11.3. The SMILES string of the molecule is CC(C)Oc1cccc(CN2CCN(S(=O)(=O)c3c[nH]c4ncccc34)CC2)c1. The summed E-state index contributed by atoms with van der Waals surface area (Å²) in [5.74, 6) is 0.867. The minimum absolute atomic E-state index is 0.138. The van der Waals surface area contributed by atoms with Gasteiger partial charge in [0.2, 0.25) is 10.0 Å². The van der Waals surface area contributed by atoms with Crippen LogP contribution in [0, 0.1) is 0 Å². The number of nitrogens with one attached hydrogen (secondary N) is 1. The van der Waals surface area contributed by atoms with E-state index in [9.17, 15) is 8.42 Å². The van der Waals surface area contributed by atoms with E-state index >= 15 is 0 Å². The van der Waals surface area contributed by atoms with Gasteiger partial charge in [-0.05, 0) is 43.7 Å². The fourth-order valence-electron chi connectivity index (χ4n) is 3.66. The Morgan fingerprint density at radius 1 is 1.14 bits per heavy atom. The second-order valence-electron chi connectivity index (χ2n) is 7.55. The van der Waals surface area contributed by atoms with Gasteiger partial charge in [0.15, 0.2) is 0 Å². The van der Waals surface area contributed by atoms with Gasteiger partial charge in [-0.3, -0.25) is 4.90 Å². The molecule has 3 heterocycles. The molecule has 1 aliphatic heterocycles. The molecule has 0 spiro atoms. The van der Waals surface area contributed by atoms with E-state index in [4.69, 9.17) is 4.74 Å². The highest BCUT2D eigenvalue weighted by Crippen LogP contribution is 2.25. The fourth-order valence-corrected chi connectivity index (χ4v) is 5.23. The highest BCUT2D eigenvalue weighted by atomic mass is 32.2. The number of hydrogen-bond donors (Lipinski definition) is 1. The van der Waals surface area contributed by atoms with Crippen molar-refractivity contribution in [3.8, 4) is 5.75 Å². The molecule has 0 aliphatic carbocycles. The molecule has 4 rings (SSSR count). The average molecular weight is 415 g/mol. The lowest BCUT2D eigenvalue weighted by Crippen LogP contribution is -2.48. The summed E-state index contributed by atoms with van der Waals surface area (Å²) in [7, 11) is -3.55. The molecule has 0 unspecified atom stereocenters. The molecular formula is C21H26N4O3S. The molecule has 1 aromatic carbocycles. The average Bonchev–Trinajstić information content (AvgIpc) is 3.13. The minimum Gasteiger partial charge on any atom is -0.491 e. The molecule has 8 heteroatoms. The number of hydrogen-bond acceptors (Lipinski definition) is 5. The summed E-state index contributed by atoms with van der Waals surface area (Å²) in [6.07, 6.45) is 3.33. The summed E-state index contributed by atoms with van der Waals surface area (Å²) >= 11 is 0. The molecule has 0 saturated carbocycles. The summed E-state index contributed by atoms with van der Waals surface area (Å²) in [5.41, 5.74) is 1.76. The van der Waals surface area contributed by atoms with E-state index in [-0.39, 0.29) is 6.10 Å². The predicted molar refractivity (Wildman–Crippen MR) is 112 cm³/mol. The third-order valence-electron chi connectivity index (χ3n) is 5.04. The van der Waals surface area contributed by atoms with Crippen LogP contribution in [-0.2, 0) is 16.6 Å². The Morgan fingerprint density at radius 2 is 1.93 bits per heavy atom. The number of aromatic amines is 1. The van der Waals surface area contributed by atoms with Crippen LogP contribution in [0.2, 0.25) is 0 Å². The van der Waals surface area contributed by atoms with Crippen LogP contribution in [-0.4, -0.2) is 59.9 Å². The third kappa shape index (κ3) is 4.29. The zero-order valence-electron chi connectivity index (χ0n) is 16.7. The monoisotopic (exact) mass is 414 g/mol. The van der Waals surface area contributed by atoms with Crippen molar-refractivity contribution in [3.63, 3.8) is 0 Å². The van der Waals surface area contributed by atoms with Gasteiger partial charge in [-0.15, -0.1) is 0 Å². The predicted octanol–water partition coefficient (Wildman–Crippen LogP) is 2.86. The number of sulfonamides is 1. The van der Waals surface area contributed by atoms with Crippen molar-refractivity contribution >= 4 is 21.1 Å². The third-order valence-corrected chi connectivity index (χ3v) is 6.98. The largest absolute Gasteiger partial charge is 0.491 e. The maximum atomic E-state index is 13.1. The zero-order chi connectivity index (χ0) is 20.4. The fraction of sp³-hybridized carbons (Fsp3) is 0.381. The van der Waals surface area contributed by atoms with Crippen molar-refractivity contribution in [3.05, 3.63) is 54.4 Å². The smallest absolute Gasteiger partial charge is 0.245 e. The van der Waals surface area contributed by atoms with Crippen LogP contribution < -0.4 is 4.74 Å². The van der Waals surface area contributed by atoms with Crippen molar-refractivity contribution in [2.75, 3.05) is 26.2 Å². The molecule has 0 atom stereocenters. The Kier molecular flexibility index (Phi) is 5.58. The number of nitrogens with zero attached hydrogens (tertiary/aromatic N) is 3. The van der Waals surface area contributed by atoms with Gasteiger partial charge in [0.1, 0.15) is 16.3 Å². The highest BCUT2D eigenvalue weighted by Gasteiger charge is 2.30. The first-order chi connectivity index (χ1) is 13.9. The molecule has 0 bridgehead atoms. The molecule has 0 radical (unpaired) electrons. The Morgan fingerprint density at radius 3 is 2.69 bits per heavy atom. The van der Waals surface area contributed by atoms with Gasteiger partial charge in [0, 0.05) is 50.5 Å². The van der Waals surface area contributed by atoms with Crippen molar-refractivity contribution in [1.29, 1.82) is 0 Å². The first-order valence-electron chi connectivity index (χ1n) is 9.84. The van der Waals surface area contributed by atoms with E-state index < -0.39 is 10.0 Å². The summed E-state index contributed by atoms with van der Waals surface area (Å²) in [6.45, 7) is 7.12. The van der Waals surface area contributed by atoms with E-state index in [1.54, 1.807) is 28.8 Å². The van der Waals surface area contributed by atoms with Crippen molar-refractivity contribution < 1.29 is 13.2 Å². The van der Waals surface area contributed by atoms with Gasteiger partial charge in [-0.1, -0.05) is 12.1 Å². The van der Waals surface area contributed by atoms with Crippen molar-refractivity contribution in [1.82, 2.24) is 19.2 Å². The zero-order valence-corrected chi connectivity index (χ0v) is 17.5. The van der Waals surface area contributed by atoms with E-state index in [1.165, 1.54) is 5.56 Å². The Balaban J connectivity index is 1.42. The van der Waals surface area contributed by atoms with Gasteiger partial charge < -0.3 is 9.72 Å². The molecule has 2 aromatic heterocycles. The molecule has 154 valence electrons. The second kappa shape index (κ2) is 8.14. The van der Waals surface area contributed by atoms with Crippen LogP contribution in [0.5, 0.6) is 5.75 Å². The Labute approximate surface area is 171 Å². The second-order valence-corrected chi connectivity index (χ2v) is 9.45. The molecule has 1 fully saturated rings.